The molecule has 0 aliphatic carbocycles. The van der Waals surface area contributed by atoms with Gasteiger partial charge in [0, 0.05) is 10.5 Å². The maximum Gasteiger partial charge on any atom is 0.337 e. The van der Waals surface area contributed by atoms with E-state index in [1.54, 1.807) is 13.0 Å². The van der Waals surface area contributed by atoms with Crippen molar-refractivity contribution in [3.05, 3.63) is 51.6 Å². The van der Waals surface area contributed by atoms with E-state index in [1.807, 2.05) is 25.1 Å². The zero-order valence-corrected chi connectivity index (χ0v) is 12.1. The van der Waals surface area contributed by atoms with Crippen LogP contribution in [0.5, 0.6) is 11.6 Å². The van der Waals surface area contributed by atoms with Gasteiger partial charge >= 0.3 is 5.97 Å². The molecule has 0 saturated heterocycles. The van der Waals surface area contributed by atoms with E-state index in [9.17, 15) is 4.79 Å². The normalized spacial score (nSPS) is 10.3. The molecule has 1 aromatic heterocycles. The smallest absolute Gasteiger partial charge is 0.337 e. The van der Waals surface area contributed by atoms with Gasteiger partial charge in [-0.05, 0) is 37.6 Å². The Balaban J connectivity index is 2.31. The molecule has 2 rings (SSSR count). The number of ether oxygens (including phenoxy) is 1. The molecule has 0 bridgehead atoms. The van der Waals surface area contributed by atoms with Crippen molar-refractivity contribution in [1.29, 1.82) is 0 Å². The van der Waals surface area contributed by atoms with E-state index < -0.39 is 5.97 Å². The van der Waals surface area contributed by atoms with Gasteiger partial charge in [-0.25, -0.2) is 9.78 Å². The second-order valence-corrected chi connectivity index (χ2v) is 5.02. The van der Waals surface area contributed by atoms with E-state index in [1.165, 1.54) is 6.07 Å². The summed E-state index contributed by atoms with van der Waals surface area (Å²) in [4.78, 5) is 15.0. The van der Waals surface area contributed by atoms with Crippen LogP contribution in [-0.4, -0.2) is 16.1 Å². The molecule has 5 heteroatoms. The lowest BCUT2D eigenvalue weighted by Crippen LogP contribution is -2.02. The second-order valence-electron chi connectivity index (χ2n) is 4.10. The third-order valence-electron chi connectivity index (χ3n) is 2.66. The number of rotatable bonds is 3. The number of hydrogen-bond donors (Lipinski definition) is 1. The predicted octanol–water partition coefficient (Wildman–Crippen LogP) is 3.95. The number of aromatic nitrogens is 1. The molecule has 1 heterocycles. The molecule has 1 N–H and O–H groups in total. The molecule has 0 fully saturated rings. The molecular weight excluding hydrogens is 310 g/mol. The van der Waals surface area contributed by atoms with E-state index in [4.69, 9.17) is 9.84 Å². The highest BCUT2D eigenvalue weighted by Crippen LogP contribution is 2.27. The van der Waals surface area contributed by atoms with Crippen molar-refractivity contribution in [1.82, 2.24) is 4.98 Å². The van der Waals surface area contributed by atoms with Gasteiger partial charge in [-0.15, -0.1) is 0 Å². The Kier molecular flexibility index (Phi) is 3.85. The Labute approximate surface area is 119 Å². The van der Waals surface area contributed by atoms with Crippen LogP contribution in [0.4, 0.5) is 0 Å². The number of hydrogen-bond acceptors (Lipinski definition) is 3. The minimum absolute atomic E-state index is 0.179. The zero-order chi connectivity index (χ0) is 14.0. The van der Waals surface area contributed by atoms with Gasteiger partial charge in [-0.2, -0.15) is 0 Å². The van der Waals surface area contributed by atoms with Gasteiger partial charge in [0.25, 0.3) is 0 Å². The summed E-state index contributed by atoms with van der Waals surface area (Å²) in [6, 6.07) is 8.74. The van der Waals surface area contributed by atoms with Gasteiger partial charge in [0.1, 0.15) is 5.75 Å². The standard InChI is InChI=1S/C14H12BrNO3/c1-8-3-4-10(15)7-12(8)19-13-6-5-11(14(17)18)9(2)16-13/h3-7H,1-2H3,(H,17,18). The zero-order valence-electron chi connectivity index (χ0n) is 10.5. The topological polar surface area (TPSA) is 59.4 Å². The summed E-state index contributed by atoms with van der Waals surface area (Å²) >= 11 is 3.38. The number of carboxylic acid groups (broad SMARTS) is 1. The predicted molar refractivity (Wildman–Crippen MR) is 74.9 cm³/mol. The number of pyridine rings is 1. The summed E-state index contributed by atoms with van der Waals surface area (Å²) in [6.45, 7) is 3.57. The number of aryl methyl sites for hydroxylation is 2. The first-order chi connectivity index (χ1) is 8.97. The van der Waals surface area contributed by atoms with E-state index in [0.29, 0.717) is 17.3 Å². The van der Waals surface area contributed by atoms with Crippen molar-refractivity contribution in [3.8, 4) is 11.6 Å². The average Bonchev–Trinajstić information content (AvgIpc) is 2.33. The van der Waals surface area contributed by atoms with Crippen LogP contribution in [0.2, 0.25) is 0 Å². The van der Waals surface area contributed by atoms with Crippen molar-refractivity contribution in [3.63, 3.8) is 0 Å². The number of aromatic carboxylic acids is 1. The fourth-order valence-corrected chi connectivity index (χ4v) is 1.96. The monoisotopic (exact) mass is 321 g/mol. The number of carbonyl (C=O) groups is 1. The van der Waals surface area contributed by atoms with E-state index in [0.717, 1.165) is 10.0 Å². The maximum absolute atomic E-state index is 10.9. The van der Waals surface area contributed by atoms with Crippen LogP contribution in [0.3, 0.4) is 0 Å². The first-order valence-corrected chi connectivity index (χ1v) is 6.41. The molecule has 0 unspecified atom stereocenters. The molecule has 0 amide bonds. The van der Waals surface area contributed by atoms with Crippen LogP contribution >= 0.6 is 15.9 Å². The van der Waals surface area contributed by atoms with Gasteiger partial charge in [0.2, 0.25) is 5.88 Å². The molecule has 0 saturated carbocycles. The molecule has 19 heavy (non-hydrogen) atoms. The van der Waals surface area contributed by atoms with Crippen LogP contribution < -0.4 is 4.74 Å². The highest BCUT2D eigenvalue weighted by molar-refractivity contribution is 9.10. The van der Waals surface area contributed by atoms with E-state index in [-0.39, 0.29) is 5.56 Å². The van der Waals surface area contributed by atoms with E-state index >= 15 is 0 Å². The molecule has 1 aromatic carbocycles. The summed E-state index contributed by atoms with van der Waals surface area (Å²) < 4.78 is 6.58. The Morgan fingerprint density at radius 1 is 1.26 bits per heavy atom. The first kappa shape index (κ1) is 13.5. The van der Waals surface area contributed by atoms with Gasteiger partial charge in [0.05, 0.1) is 11.3 Å². The lowest BCUT2D eigenvalue weighted by atomic mass is 10.2. The summed E-state index contributed by atoms with van der Waals surface area (Å²) in [5, 5.41) is 8.94. The van der Waals surface area contributed by atoms with Crippen molar-refractivity contribution < 1.29 is 14.6 Å². The van der Waals surface area contributed by atoms with Gasteiger partial charge < -0.3 is 9.84 Å². The molecule has 4 nitrogen and oxygen atoms in total. The van der Waals surface area contributed by atoms with Crippen LogP contribution in [0.25, 0.3) is 0 Å². The molecule has 0 aliphatic rings. The average molecular weight is 322 g/mol. The third-order valence-corrected chi connectivity index (χ3v) is 3.15. The first-order valence-electron chi connectivity index (χ1n) is 5.62. The summed E-state index contributed by atoms with van der Waals surface area (Å²) in [5.41, 5.74) is 1.58. The number of benzene rings is 1. The Hall–Kier alpha value is -1.88. The van der Waals surface area contributed by atoms with Crippen LogP contribution in [0, 0.1) is 13.8 Å². The number of halogens is 1. The molecule has 0 radical (unpaired) electrons. The Bertz CT molecular complexity index is 641. The van der Waals surface area contributed by atoms with Crippen molar-refractivity contribution in [2.75, 3.05) is 0 Å². The number of nitrogens with zero attached hydrogens (tertiary/aromatic N) is 1. The highest BCUT2D eigenvalue weighted by atomic mass is 79.9. The van der Waals surface area contributed by atoms with Crippen molar-refractivity contribution >= 4 is 21.9 Å². The largest absolute Gasteiger partial charge is 0.478 e. The van der Waals surface area contributed by atoms with Crippen LogP contribution in [0.15, 0.2) is 34.8 Å². The molecular formula is C14H12BrNO3. The minimum atomic E-state index is -0.991. The second kappa shape index (κ2) is 5.40. The fourth-order valence-electron chi connectivity index (χ4n) is 1.62. The summed E-state index contributed by atoms with van der Waals surface area (Å²) in [7, 11) is 0. The van der Waals surface area contributed by atoms with Crippen molar-refractivity contribution in [2.24, 2.45) is 0 Å². The lowest BCUT2D eigenvalue weighted by molar-refractivity contribution is 0.0695. The number of carboxylic acids is 1. The van der Waals surface area contributed by atoms with Gasteiger partial charge in [-0.3, -0.25) is 0 Å². The third kappa shape index (κ3) is 3.12. The lowest BCUT2D eigenvalue weighted by Gasteiger charge is -2.09. The summed E-state index contributed by atoms with van der Waals surface area (Å²) in [6.07, 6.45) is 0. The minimum Gasteiger partial charge on any atom is -0.478 e. The van der Waals surface area contributed by atoms with Gasteiger partial charge in [-0.1, -0.05) is 22.0 Å². The van der Waals surface area contributed by atoms with Crippen molar-refractivity contribution in [2.45, 2.75) is 13.8 Å². The quantitative estimate of drug-likeness (QED) is 0.929. The highest BCUT2D eigenvalue weighted by Gasteiger charge is 2.10. The Morgan fingerprint density at radius 3 is 2.63 bits per heavy atom. The molecule has 98 valence electrons. The molecule has 0 aliphatic heterocycles. The van der Waals surface area contributed by atoms with Gasteiger partial charge in [0.15, 0.2) is 0 Å². The van der Waals surface area contributed by atoms with Crippen LogP contribution in [-0.2, 0) is 0 Å². The molecule has 0 atom stereocenters. The SMILES string of the molecule is Cc1ccc(Br)cc1Oc1ccc(C(=O)O)c(C)n1. The molecule has 0 spiro atoms. The van der Waals surface area contributed by atoms with E-state index in [2.05, 4.69) is 20.9 Å². The molecule has 2 aromatic rings. The maximum atomic E-state index is 10.9. The fraction of sp³-hybridized carbons (Fsp3) is 0.143. The Morgan fingerprint density at radius 2 is 2.00 bits per heavy atom. The summed E-state index contributed by atoms with van der Waals surface area (Å²) in [5.74, 6) is 0.0724. The van der Waals surface area contributed by atoms with Crippen LogP contribution in [0.1, 0.15) is 21.6 Å².